The molecule has 134 valence electrons. The molecule has 1 aromatic heterocycles. The van der Waals surface area contributed by atoms with Gasteiger partial charge in [-0.3, -0.25) is 0 Å². The normalized spacial score (nSPS) is 16.6. The fourth-order valence-electron chi connectivity index (χ4n) is 2.74. The summed E-state index contributed by atoms with van der Waals surface area (Å²) in [4.78, 5) is 24.8. The van der Waals surface area contributed by atoms with Gasteiger partial charge in [-0.25, -0.2) is 14.8 Å². The molecule has 1 amide bonds. The Morgan fingerprint density at radius 3 is 2.69 bits per heavy atom. The maximum atomic E-state index is 12.4. The molecular weight excluding hydrogens is 396 g/mol. The lowest BCUT2D eigenvalue weighted by molar-refractivity contribution is 0.0914. The number of benzene rings is 1. The van der Waals surface area contributed by atoms with Crippen LogP contribution in [0.4, 0.5) is 10.7 Å². The number of nitrogens with zero attached hydrogens (tertiary/aromatic N) is 4. The Labute approximate surface area is 161 Å². The predicted octanol–water partition coefficient (Wildman–Crippen LogP) is 3.09. The highest BCUT2D eigenvalue weighted by Gasteiger charge is 2.30. The van der Waals surface area contributed by atoms with Crippen LogP contribution in [0.2, 0.25) is 0 Å². The van der Waals surface area contributed by atoms with Gasteiger partial charge >= 0.3 is 6.09 Å². The molecule has 2 aromatic rings. The molecule has 0 aliphatic carbocycles. The zero-order valence-corrected chi connectivity index (χ0v) is 16.0. The first-order chi connectivity index (χ1) is 12.7. The fraction of sp³-hybridized carbons (Fsp3) is 0.316. The summed E-state index contributed by atoms with van der Waals surface area (Å²) in [5, 5.41) is 0. The Kier molecular flexibility index (Phi) is 6.08. The summed E-state index contributed by atoms with van der Waals surface area (Å²) in [5.74, 6) is 6.68. The average molecular weight is 415 g/mol. The third-order valence-electron chi connectivity index (χ3n) is 4.02. The van der Waals surface area contributed by atoms with Gasteiger partial charge in [-0.2, -0.15) is 0 Å². The number of carbonyl (C=O) groups is 1. The molecule has 1 saturated heterocycles. The molecule has 7 heteroatoms. The van der Waals surface area contributed by atoms with Crippen molar-refractivity contribution in [3.63, 3.8) is 0 Å². The fourth-order valence-corrected chi connectivity index (χ4v) is 2.95. The lowest BCUT2D eigenvalue weighted by Crippen LogP contribution is -2.55. The summed E-state index contributed by atoms with van der Waals surface area (Å²) in [5.41, 5.74) is 0.965. The van der Waals surface area contributed by atoms with Gasteiger partial charge in [0.15, 0.2) is 0 Å². The molecule has 0 saturated carbocycles. The van der Waals surface area contributed by atoms with E-state index in [2.05, 4.69) is 37.7 Å². The van der Waals surface area contributed by atoms with Crippen LogP contribution < -0.4 is 4.90 Å². The molecule has 0 radical (unpaired) electrons. The molecule has 6 nitrogen and oxygen atoms in total. The Hall–Kier alpha value is -2.59. The van der Waals surface area contributed by atoms with Crippen LogP contribution in [0.3, 0.4) is 0 Å². The van der Waals surface area contributed by atoms with Gasteiger partial charge < -0.3 is 14.5 Å². The van der Waals surface area contributed by atoms with E-state index in [0.717, 1.165) is 10.0 Å². The van der Waals surface area contributed by atoms with Crippen LogP contribution in [0, 0.1) is 11.8 Å². The molecule has 1 unspecified atom stereocenters. The largest absolute Gasteiger partial charge is 0.445 e. The first-order valence-corrected chi connectivity index (χ1v) is 9.09. The highest BCUT2D eigenvalue weighted by Crippen LogP contribution is 2.18. The van der Waals surface area contributed by atoms with Crippen molar-refractivity contribution >= 4 is 28.0 Å². The van der Waals surface area contributed by atoms with Crippen LogP contribution >= 0.6 is 15.9 Å². The van der Waals surface area contributed by atoms with Gasteiger partial charge in [-0.15, -0.1) is 5.92 Å². The van der Waals surface area contributed by atoms with Gasteiger partial charge in [-0.1, -0.05) is 36.3 Å². The van der Waals surface area contributed by atoms with Crippen molar-refractivity contribution in [2.24, 2.45) is 0 Å². The lowest BCUT2D eigenvalue weighted by atomic mass is 10.2. The number of ether oxygens (including phenoxy) is 1. The molecule has 1 aliphatic heterocycles. The van der Waals surface area contributed by atoms with Crippen LogP contribution in [-0.2, 0) is 11.3 Å². The summed E-state index contributed by atoms with van der Waals surface area (Å²) in [7, 11) is 0. The highest BCUT2D eigenvalue weighted by atomic mass is 79.9. The van der Waals surface area contributed by atoms with Crippen molar-refractivity contribution in [3.05, 3.63) is 52.8 Å². The molecule has 2 heterocycles. The minimum absolute atomic E-state index is 0.167. The van der Waals surface area contributed by atoms with Crippen LogP contribution in [0.1, 0.15) is 12.5 Å². The molecule has 3 rings (SSSR count). The first-order valence-electron chi connectivity index (χ1n) is 8.29. The van der Waals surface area contributed by atoms with E-state index < -0.39 is 0 Å². The number of hydrogen-bond acceptors (Lipinski definition) is 5. The van der Waals surface area contributed by atoms with Crippen LogP contribution in [0.5, 0.6) is 0 Å². The molecule has 0 bridgehead atoms. The highest BCUT2D eigenvalue weighted by molar-refractivity contribution is 9.10. The van der Waals surface area contributed by atoms with Crippen molar-refractivity contribution in [3.8, 4) is 11.8 Å². The molecule has 1 fully saturated rings. The second kappa shape index (κ2) is 8.68. The number of piperazine rings is 1. The van der Waals surface area contributed by atoms with Gasteiger partial charge in [0.25, 0.3) is 0 Å². The van der Waals surface area contributed by atoms with Crippen molar-refractivity contribution in [2.75, 3.05) is 24.5 Å². The smallest absolute Gasteiger partial charge is 0.410 e. The van der Waals surface area contributed by atoms with Crippen molar-refractivity contribution < 1.29 is 9.53 Å². The van der Waals surface area contributed by atoms with E-state index in [9.17, 15) is 4.79 Å². The minimum atomic E-state index is -0.326. The zero-order valence-electron chi connectivity index (χ0n) is 14.4. The van der Waals surface area contributed by atoms with Gasteiger partial charge in [0.2, 0.25) is 5.95 Å². The Morgan fingerprint density at radius 1 is 1.27 bits per heavy atom. The van der Waals surface area contributed by atoms with E-state index in [1.54, 1.807) is 24.2 Å². The first kappa shape index (κ1) is 18.2. The van der Waals surface area contributed by atoms with E-state index in [1.807, 2.05) is 35.2 Å². The van der Waals surface area contributed by atoms with E-state index in [-0.39, 0.29) is 18.7 Å². The number of halogens is 1. The number of amides is 1. The van der Waals surface area contributed by atoms with Gasteiger partial charge in [0.05, 0.1) is 11.0 Å². The van der Waals surface area contributed by atoms with E-state index >= 15 is 0 Å². The topological polar surface area (TPSA) is 58.6 Å². The van der Waals surface area contributed by atoms with Gasteiger partial charge in [0.1, 0.15) is 12.6 Å². The maximum Gasteiger partial charge on any atom is 0.410 e. The molecule has 0 spiro atoms. The Morgan fingerprint density at radius 2 is 2.00 bits per heavy atom. The summed E-state index contributed by atoms with van der Waals surface area (Å²) < 4.78 is 6.26. The van der Waals surface area contributed by atoms with E-state index in [4.69, 9.17) is 4.74 Å². The SMILES string of the molecule is CC#CC1CN(C(=O)OCc2ccccc2)CCN1c1ncc(Br)cn1. The summed E-state index contributed by atoms with van der Waals surface area (Å²) >= 11 is 3.34. The second-order valence-corrected chi connectivity index (χ2v) is 6.71. The Balaban J connectivity index is 1.64. The molecule has 0 N–H and O–H groups in total. The van der Waals surface area contributed by atoms with Crippen molar-refractivity contribution in [2.45, 2.75) is 19.6 Å². The van der Waals surface area contributed by atoms with Gasteiger partial charge in [-0.05, 0) is 28.4 Å². The number of hydrogen-bond donors (Lipinski definition) is 0. The number of aromatic nitrogens is 2. The third-order valence-corrected chi connectivity index (χ3v) is 4.43. The number of carbonyl (C=O) groups excluding carboxylic acids is 1. The second-order valence-electron chi connectivity index (χ2n) is 5.79. The monoisotopic (exact) mass is 414 g/mol. The number of rotatable bonds is 3. The Bertz CT molecular complexity index is 802. The van der Waals surface area contributed by atoms with E-state index in [0.29, 0.717) is 25.6 Å². The molecule has 1 aliphatic rings. The van der Waals surface area contributed by atoms with Crippen LogP contribution in [0.15, 0.2) is 47.2 Å². The van der Waals surface area contributed by atoms with Crippen molar-refractivity contribution in [1.82, 2.24) is 14.9 Å². The van der Waals surface area contributed by atoms with Gasteiger partial charge in [0, 0.05) is 25.5 Å². The zero-order chi connectivity index (χ0) is 18.4. The van der Waals surface area contributed by atoms with Crippen LogP contribution in [0.25, 0.3) is 0 Å². The van der Waals surface area contributed by atoms with Crippen molar-refractivity contribution in [1.29, 1.82) is 0 Å². The predicted molar refractivity (Wildman–Crippen MR) is 103 cm³/mol. The van der Waals surface area contributed by atoms with E-state index in [1.165, 1.54) is 0 Å². The average Bonchev–Trinajstić information content (AvgIpc) is 2.68. The standard InChI is InChI=1S/C19H19BrN4O2/c1-2-6-17-13-23(19(25)26-14-15-7-4-3-5-8-15)9-10-24(17)18-21-11-16(20)12-22-18/h3-5,7-8,11-12,17H,9-10,13-14H2,1H3. The third kappa shape index (κ3) is 4.52. The quantitative estimate of drug-likeness (QED) is 0.722. The summed E-state index contributed by atoms with van der Waals surface area (Å²) in [6.45, 7) is 3.64. The summed E-state index contributed by atoms with van der Waals surface area (Å²) in [6.07, 6.45) is 3.09. The molecule has 1 atom stereocenters. The summed E-state index contributed by atoms with van der Waals surface area (Å²) in [6, 6.07) is 9.48. The number of anilines is 1. The maximum absolute atomic E-state index is 12.4. The molecule has 1 aromatic carbocycles. The minimum Gasteiger partial charge on any atom is -0.445 e. The van der Waals surface area contributed by atoms with Crippen LogP contribution in [-0.4, -0.2) is 46.6 Å². The lowest BCUT2D eigenvalue weighted by Gasteiger charge is -2.38. The molecular formula is C19H19BrN4O2. The molecule has 26 heavy (non-hydrogen) atoms.